The third-order valence-corrected chi connectivity index (χ3v) is 4.41. The van der Waals surface area contributed by atoms with E-state index in [1.54, 1.807) is 4.68 Å². The fraction of sp³-hybridized carbons (Fsp3) is 0.750. The number of nitrogens with two attached hydrogens (primary N) is 1. The van der Waals surface area contributed by atoms with Crippen molar-refractivity contribution in [2.45, 2.75) is 6.54 Å². The Morgan fingerprint density at radius 3 is 2.04 bits per heavy atom. The fourth-order valence-electron chi connectivity index (χ4n) is 2.66. The molecule has 3 heterocycles. The van der Waals surface area contributed by atoms with E-state index in [2.05, 4.69) is 14.9 Å². The molecule has 2 aliphatic heterocycles. The maximum Gasteiger partial charge on any atom is 0.139 e. The summed E-state index contributed by atoms with van der Waals surface area (Å²) in [4.78, 5) is 4.62. The van der Waals surface area contributed by atoms with Crippen LogP contribution in [0.25, 0.3) is 0 Å². The zero-order valence-electron chi connectivity index (χ0n) is 15.0. The zero-order valence-corrected chi connectivity index (χ0v) is 16.6. The van der Waals surface area contributed by atoms with Gasteiger partial charge in [-0.2, -0.15) is 10.4 Å². The van der Waals surface area contributed by atoms with Crippen molar-refractivity contribution in [2.24, 2.45) is 0 Å². The average Bonchev–Trinajstić information content (AvgIpc) is 3.02. The lowest BCUT2D eigenvalue weighted by Gasteiger charge is -2.26. The molecule has 2 aliphatic rings. The summed E-state index contributed by atoms with van der Waals surface area (Å²) in [6, 6.07) is 2.01. The average molecular weight is 407 g/mol. The number of hydrogen-bond acceptors (Lipinski definition) is 7. The molecule has 1 aromatic heterocycles. The SMILES string of the molecule is Cl.ClCCN1CCOCC1.N#Cc1cnn(CCN2CCOCC2)c1N. The second kappa shape index (κ2) is 13.1. The summed E-state index contributed by atoms with van der Waals surface area (Å²) in [5.74, 6) is 1.19. The molecule has 0 amide bonds. The molecule has 0 atom stereocenters. The van der Waals surface area contributed by atoms with Gasteiger partial charge in [0.15, 0.2) is 0 Å². The summed E-state index contributed by atoms with van der Waals surface area (Å²) >= 11 is 5.55. The number of aromatic nitrogens is 2. The standard InChI is InChI=1S/C10H15N5O.C6H12ClNO.ClH/c11-7-9-8-13-15(10(9)12)2-1-14-3-5-16-6-4-14;7-1-2-8-3-5-9-6-4-8;/h8H,1-6,12H2;1-6H2;1H. The highest BCUT2D eigenvalue weighted by Gasteiger charge is 2.12. The predicted octanol–water partition coefficient (Wildman–Crippen LogP) is 0.648. The topological polar surface area (TPSA) is 92.6 Å². The van der Waals surface area contributed by atoms with Gasteiger partial charge in [0.2, 0.25) is 0 Å². The minimum atomic E-state index is 0. The summed E-state index contributed by atoms with van der Waals surface area (Å²) in [6.07, 6.45) is 1.51. The van der Waals surface area contributed by atoms with Crippen LogP contribution in [0, 0.1) is 11.3 Å². The summed E-state index contributed by atoms with van der Waals surface area (Å²) in [5, 5.41) is 12.8. The van der Waals surface area contributed by atoms with E-state index in [-0.39, 0.29) is 12.4 Å². The van der Waals surface area contributed by atoms with Gasteiger partial charge in [-0.15, -0.1) is 24.0 Å². The first-order valence-electron chi connectivity index (χ1n) is 8.62. The molecule has 2 N–H and O–H groups in total. The van der Waals surface area contributed by atoms with E-state index in [4.69, 9.17) is 32.1 Å². The normalized spacial score (nSPS) is 18.3. The number of nitrogens with zero attached hydrogens (tertiary/aromatic N) is 5. The number of rotatable bonds is 5. The van der Waals surface area contributed by atoms with Crippen LogP contribution in [-0.2, 0) is 16.0 Å². The minimum Gasteiger partial charge on any atom is -0.383 e. The van der Waals surface area contributed by atoms with Crippen LogP contribution in [0.5, 0.6) is 0 Å². The van der Waals surface area contributed by atoms with Crippen LogP contribution in [0.4, 0.5) is 5.82 Å². The van der Waals surface area contributed by atoms with Crippen LogP contribution in [0.15, 0.2) is 6.20 Å². The van der Waals surface area contributed by atoms with Crippen molar-refractivity contribution in [1.29, 1.82) is 5.26 Å². The Labute approximate surface area is 166 Å². The van der Waals surface area contributed by atoms with Crippen LogP contribution in [0.1, 0.15) is 5.56 Å². The van der Waals surface area contributed by atoms with E-state index in [0.29, 0.717) is 17.9 Å². The lowest BCUT2D eigenvalue weighted by atomic mass is 10.3. The van der Waals surface area contributed by atoms with Gasteiger partial charge >= 0.3 is 0 Å². The van der Waals surface area contributed by atoms with Crippen molar-refractivity contribution in [3.05, 3.63) is 11.8 Å². The van der Waals surface area contributed by atoms with E-state index < -0.39 is 0 Å². The van der Waals surface area contributed by atoms with Gasteiger partial charge < -0.3 is 15.2 Å². The Bertz CT molecular complexity index is 537. The number of nitriles is 1. The van der Waals surface area contributed by atoms with E-state index in [9.17, 15) is 0 Å². The van der Waals surface area contributed by atoms with Gasteiger partial charge in [0.1, 0.15) is 17.5 Å². The molecule has 0 spiro atoms. The molecule has 0 saturated carbocycles. The minimum absolute atomic E-state index is 0. The third-order valence-electron chi connectivity index (χ3n) is 4.24. The number of nitrogen functional groups attached to an aromatic ring is 1. The molecule has 0 unspecified atom stereocenters. The van der Waals surface area contributed by atoms with Crippen LogP contribution >= 0.6 is 24.0 Å². The molecule has 8 nitrogen and oxygen atoms in total. The highest BCUT2D eigenvalue weighted by Crippen LogP contribution is 2.09. The molecule has 1 aromatic rings. The number of hydrogen-bond donors (Lipinski definition) is 1. The number of anilines is 1. The van der Waals surface area contributed by atoms with Crippen molar-refractivity contribution in [3.63, 3.8) is 0 Å². The van der Waals surface area contributed by atoms with Crippen LogP contribution < -0.4 is 5.73 Å². The Hall–Kier alpha value is -1.08. The second-order valence-corrected chi connectivity index (χ2v) is 6.25. The summed E-state index contributed by atoms with van der Waals surface area (Å²) in [5.41, 5.74) is 6.21. The van der Waals surface area contributed by atoms with Crippen molar-refractivity contribution in [3.8, 4) is 6.07 Å². The monoisotopic (exact) mass is 406 g/mol. The molecule has 2 saturated heterocycles. The quantitative estimate of drug-likeness (QED) is 0.717. The first-order chi connectivity index (χ1) is 12.2. The van der Waals surface area contributed by atoms with E-state index in [0.717, 1.165) is 71.6 Å². The lowest BCUT2D eigenvalue weighted by molar-refractivity contribution is 0.0360. The molecule has 0 aromatic carbocycles. The summed E-state index contributed by atoms with van der Waals surface area (Å²) in [6.45, 7) is 9.93. The van der Waals surface area contributed by atoms with Gasteiger partial charge in [-0.1, -0.05) is 0 Å². The Kier molecular flexibility index (Phi) is 11.6. The molecule has 0 aliphatic carbocycles. The van der Waals surface area contributed by atoms with Crippen LogP contribution in [-0.4, -0.2) is 91.2 Å². The molecule has 10 heteroatoms. The number of morpholine rings is 2. The molecule has 3 rings (SSSR count). The fourth-order valence-corrected chi connectivity index (χ4v) is 2.90. The van der Waals surface area contributed by atoms with Crippen LogP contribution in [0.2, 0.25) is 0 Å². The van der Waals surface area contributed by atoms with Crippen molar-refractivity contribution < 1.29 is 9.47 Å². The summed E-state index contributed by atoms with van der Waals surface area (Å²) < 4.78 is 12.1. The number of alkyl halides is 1. The van der Waals surface area contributed by atoms with E-state index in [1.165, 1.54) is 6.20 Å². The Balaban J connectivity index is 0.000000290. The van der Waals surface area contributed by atoms with Gasteiger partial charge in [0.25, 0.3) is 0 Å². The van der Waals surface area contributed by atoms with Crippen molar-refractivity contribution in [1.82, 2.24) is 19.6 Å². The molecular weight excluding hydrogens is 379 g/mol. The van der Waals surface area contributed by atoms with Gasteiger partial charge in [0, 0.05) is 45.1 Å². The van der Waals surface area contributed by atoms with E-state index in [1.807, 2.05) is 6.07 Å². The molecular formula is C16H28Cl2N6O2. The van der Waals surface area contributed by atoms with Crippen molar-refractivity contribution >= 4 is 29.8 Å². The Morgan fingerprint density at radius 2 is 1.58 bits per heavy atom. The van der Waals surface area contributed by atoms with E-state index >= 15 is 0 Å². The first-order valence-corrected chi connectivity index (χ1v) is 9.15. The number of halogens is 2. The maximum atomic E-state index is 8.74. The summed E-state index contributed by atoms with van der Waals surface area (Å²) in [7, 11) is 0. The predicted molar refractivity (Wildman–Crippen MR) is 104 cm³/mol. The number of ether oxygens (including phenoxy) is 2. The smallest absolute Gasteiger partial charge is 0.139 e. The highest BCUT2D eigenvalue weighted by atomic mass is 35.5. The van der Waals surface area contributed by atoms with Gasteiger partial charge in [-0.05, 0) is 0 Å². The van der Waals surface area contributed by atoms with Gasteiger partial charge in [0.05, 0.1) is 39.2 Å². The second-order valence-electron chi connectivity index (χ2n) is 5.88. The van der Waals surface area contributed by atoms with Crippen LogP contribution in [0.3, 0.4) is 0 Å². The first kappa shape index (κ1) is 23.0. The highest BCUT2D eigenvalue weighted by molar-refractivity contribution is 6.18. The Morgan fingerprint density at radius 1 is 1.04 bits per heavy atom. The molecule has 26 heavy (non-hydrogen) atoms. The molecule has 0 radical (unpaired) electrons. The molecule has 148 valence electrons. The maximum absolute atomic E-state index is 8.74. The van der Waals surface area contributed by atoms with Gasteiger partial charge in [-0.25, -0.2) is 4.68 Å². The molecule has 0 bridgehead atoms. The van der Waals surface area contributed by atoms with Crippen molar-refractivity contribution in [2.75, 3.05) is 77.3 Å². The lowest BCUT2D eigenvalue weighted by Crippen LogP contribution is -2.38. The van der Waals surface area contributed by atoms with Gasteiger partial charge in [-0.3, -0.25) is 9.80 Å². The molecule has 2 fully saturated rings. The largest absolute Gasteiger partial charge is 0.383 e. The third kappa shape index (κ3) is 7.66. The zero-order chi connectivity index (χ0) is 17.9.